The monoisotopic (exact) mass is 307 g/mol. The van der Waals surface area contributed by atoms with Crippen molar-refractivity contribution in [2.75, 3.05) is 23.9 Å². The van der Waals surface area contributed by atoms with Crippen LogP contribution in [0.4, 0.5) is 11.4 Å². The van der Waals surface area contributed by atoms with Crippen LogP contribution in [0.1, 0.15) is 32.1 Å². The molecule has 1 saturated carbocycles. The van der Waals surface area contributed by atoms with Crippen LogP contribution in [0, 0.1) is 0 Å². The second kappa shape index (κ2) is 5.67. The summed E-state index contributed by atoms with van der Waals surface area (Å²) in [5, 5.41) is 3.47. The molecule has 1 aromatic carbocycles. The first-order valence-electron chi connectivity index (χ1n) is 7.33. The number of nitrogens with two attached hydrogens (primary N) is 1. The van der Waals surface area contributed by atoms with E-state index in [4.69, 9.17) is 10.2 Å². The zero-order valence-electron chi connectivity index (χ0n) is 12.2. The predicted molar refractivity (Wildman–Crippen MR) is 89.1 cm³/mol. The van der Waals surface area contributed by atoms with E-state index in [0.29, 0.717) is 21.5 Å². The number of oxazole rings is 1. The summed E-state index contributed by atoms with van der Waals surface area (Å²) in [5.74, 6) is -0.450. The van der Waals surface area contributed by atoms with E-state index in [-0.39, 0.29) is 0 Å². The Morgan fingerprint density at radius 1 is 1.38 bits per heavy atom. The fraction of sp³-hybridized carbons (Fsp3) is 0.533. The number of hydrogen-bond acceptors (Lipinski definition) is 5. The Balaban J connectivity index is 1.80. The smallest absolute Gasteiger partial charge is 0.408 e. The maximum Gasteiger partial charge on any atom is 0.417 e. The lowest BCUT2D eigenvalue weighted by Crippen LogP contribution is -2.35. The van der Waals surface area contributed by atoms with Gasteiger partial charge in [0.2, 0.25) is 0 Å². The molecule has 1 heterocycles. The minimum absolute atomic E-state index is 0.295. The summed E-state index contributed by atoms with van der Waals surface area (Å²) in [6.45, 7) is 0.895. The van der Waals surface area contributed by atoms with Gasteiger partial charge < -0.3 is 15.5 Å². The molecular weight excluding hydrogens is 286 g/mol. The van der Waals surface area contributed by atoms with E-state index < -0.39 is 5.76 Å². The molecule has 1 aromatic heterocycles. The van der Waals surface area contributed by atoms with E-state index in [0.717, 1.165) is 12.2 Å². The number of nitrogens with one attached hydrogen (secondary N) is 2. The van der Waals surface area contributed by atoms with Crippen molar-refractivity contribution in [3.63, 3.8) is 0 Å². The molecule has 114 valence electrons. The van der Waals surface area contributed by atoms with Crippen LogP contribution in [0.25, 0.3) is 11.1 Å². The third kappa shape index (κ3) is 2.90. The van der Waals surface area contributed by atoms with Crippen molar-refractivity contribution in [1.29, 1.82) is 0 Å². The Bertz CT molecular complexity index is 686. The fourth-order valence-electron chi connectivity index (χ4n) is 3.07. The SMILES string of the molecule is CSC1(CNc2cc3[nH]c(=O)oc3cc2N)CCCCC1. The van der Waals surface area contributed by atoms with Crippen LogP contribution in [0.2, 0.25) is 0 Å². The number of hydrogen-bond donors (Lipinski definition) is 3. The summed E-state index contributed by atoms with van der Waals surface area (Å²) in [5.41, 5.74) is 8.70. The van der Waals surface area contributed by atoms with Crippen LogP contribution < -0.4 is 16.8 Å². The van der Waals surface area contributed by atoms with Gasteiger partial charge in [0.1, 0.15) is 0 Å². The van der Waals surface area contributed by atoms with Gasteiger partial charge in [-0.1, -0.05) is 19.3 Å². The summed E-state index contributed by atoms with van der Waals surface area (Å²) in [6, 6.07) is 3.55. The molecule has 21 heavy (non-hydrogen) atoms. The maximum atomic E-state index is 11.2. The third-order valence-electron chi connectivity index (χ3n) is 4.39. The molecule has 0 unspecified atom stereocenters. The van der Waals surface area contributed by atoms with Crippen LogP contribution in [-0.4, -0.2) is 22.5 Å². The minimum atomic E-state index is -0.450. The largest absolute Gasteiger partial charge is 0.417 e. The van der Waals surface area contributed by atoms with Gasteiger partial charge in [-0.25, -0.2) is 4.79 Å². The molecule has 0 saturated heterocycles. The average Bonchev–Trinajstić information content (AvgIpc) is 2.85. The van der Waals surface area contributed by atoms with Gasteiger partial charge in [-0.15, -0.1) is 0 Å². The Morgan fingerprint density at radius 3 is 2.86 bits per heavy atom. The van der Waals surface area contributed by atoms with Crippen LogP contribution in [-0.2, 0) is 0 Å². The molecular formula is C15H21N3O2S. The number of H-pyrrole nitrogens is 1. The molecule has 2 aromatic rings. The van der Waals surface area contributed by atoms with Crippen molar-refractivity contribution in [3.8, 4) is 0 Å². The van der Waals surface area contributed by atoms with Crippen LogP contribution in [0.3, 0.4) is 0 Å². The number of rotatable bonds is 4. The molecule has 6 heteroatoms. The van der Waals surface area contributed by atoms with Crippen molar-refractivity contribution in [1.82, 2.24) is 4.98 Å². The number of benzene rings is 1. The lowest BCUT2D eigenvalue weighted by atomic mass is 9.88. The van der Waals surface area contributed by atoms with Gasteiger partial charge in [0.05, 0.1) is 16.9 Å². The zero-order valence-corrected chi connectivity index (χ0v) is 13.0. The summed E-state index contributed by atoms with van der Waals surface area (Å²) in [4.78, 5) is 13.9. The lowest BCUT2D eigenvalue weighted by Gasteiger charge is -2.36. The number of fused-ring (bicyclic) bond motifs is 1. The van der Waals surface area contributed by atoms with E-state index in [1.165, 1.54) is 32.1 Å². The molecule has 3 rings (SSSR count). The molecule has 0 radical (unpaired) electrons. The molecule has 1 aliphatic carbocycles. The summed E-state index contributed by atoms with van der Waals surface area (Å²) in [6.07, 6.45) is 8.61. The Labute approximate surface area is 127 Å². The highest BCUT2D eigenvalue weighted by molar-refractivity contribution is 8.00. The lowest BCUT2D eigenvalue weighted by molar-refractivity contribution is 0.411. The molecule has 0 aliphatic heterocycles. The quantitative estimate of drug-likeness (QED) is 0.756. The third-order valence-corrected chi connectivity index (χ3v) is 5.81. The summed E-state index contributed by atoms with van der Waals surface area (Å²) in [7, 11) is 0. The molecule has 0 atom stereocenters. The van der Waals surface area contributed by atoms with E-state index in [1.807, 2.05) is 17.8 Å². The number of aromatic nitrogens is 1. The van der Waals surface area contributed by atoms with Crippen molar-refractivity contribution in [3.05, 3.63) is 22.7 Å². The van der Waals surface area contributed by atoms with E-state index in [1.54, 1.807) is 6.07 Å². The number of anilines is 2. The van der Waals surface area contributed by atoms with Crippen molar-refractivity contribution < 1.29 is 4.42 Å². The van der Waals surface area contributed by atoms with Gasteiger partial charge >= 0.3 is 5.76 Å². The fourth-order valence-corrected chi connectivity index (χ4v) is 3.99. The van der Waals surface area contributed by atoms with Gasteiger partial charge in [0.25, 0.3) is 0 Å². The first kappa shape index (κ1) is 14.4. The van der Waals surface area contributed by atoms with Crippen molar-refractivity contribution in [2.24, 2.45) is 0 Å². The molecule has 4 N–H and O–H groups in total. The topological polar surface area (TPSA) is 84.0 Å². The highest BCUT2D eigenvalue weighted by Gasteiger charge is 2.31. The second-order valence-electron chi connectivity index (χ2n) is 5.75. The Kier molecular flexibility index (Phi) is 3.89. The summed E-state index contributed by atoms with van der Waals surface area (Å²) < 4.78 is 5.31. The molecule has 0 spiro atoms. The van der Waals surface area contributed by atoms with Crippen LogP contribution in [0.15, 0.2) is 21.3 Å². The highest BCUT2D eigenvalue weighted by Crippen LogP contribution is 2.39. The van der Waals surface area contributed by atoms with Gasteiger partial charge in [-0.3, -0.25) is 4.98 Å². The molecule has 1 aliphatic rings. The standard InChI is InChI=1S/C15H21N3O2S/c1-21-15(5-3-2-4-6-15)9-17-11-8-12-13(7-10(11)16)20-14(19)18-12/h7-8,17H,2-6,9,16H2,1H3,(H,18,19). The van der Waals surface area contributed by atoms with E-state index >= 15 is 0 Å². The average molecular weight is 307 g/mol. The zero-order chi connectivity index (χ0) is 14.9. The van der Waals surface area contributed by atoms with Crippen molar-refractivity contribution in [2.45, 2.75) is 36.9 Å². The second-order valence-corrected chi connectivity index (χ2v) is 7.03. The molecule has 0 bridgehead atoms. The minimum Gasteiger partial charge on any atom is -0.408 e. The highest BCUT2D eigenvalue weighted by atomic mass is 32.2. The maximum absolute atomic E-state index is 11.2. The normalized spacial score (nSPS) is 18.0. The molecule has 1 fully saturated rings. The first-order chi connectivity index (χ1) is 10.1. The van der Waals surface area contributed by atoms with Crippen LogP contribution >= 0.6 is 11.8 Å². The molecule has 5 nitrogen and oxygen atoms in total. The van der Waals surface area contributed by atoms with Crippen LogP contribution in [0.5, 0.6) is 0 Å². The first-order valence-corrected chi connectivity index (χ1v) is 8.56. The van der Waals surface area contributed by atoms with E-state index in [9.17, 15) is 4.79 Å². The Morgan fingerprint density at radius 2 is 2.14 bits per heavy atom. The summed E-state index contributed by atoms with van der Waals surface area (Å²) >= 11 is 1.95. The van der Waals surface area contributed by atoms with Gasteiger partial charge in [-0.2, -0.15) is 11.8 Å². The number of aromatic amines is 1. The van der Waals surface area contributed by atoms with Gasteiger partial charge in [0.15, 0.2) is 5.58 Å². The number of nitrogen functional groups attached to an aromatic ring is 1. The predicted octanol–water partition coefficient (Wildman–Crippen LogP) is 3.18. The van der Waals surface area contributed by atoms with Gasteiger partial charge in [0, 0.05) is 17.4 Å². The van der Waals surface area contributed by atoms with Gasteiger partial charge in [-0.05, 0) is 25.2 Å². The van der Waals surface area contributed by atoms with Crippen molar-refractivity contribution >= 4 is 34.2 Å². The van der Waals surface area contributed by atoms with E-state index in [2.05, 4.69) is 16.6 Å². The Hall–Kier alpha value is -1.56. The molecule has 0 amide bonds. The number of thioether (sulfide) groups is 1.